The molecule has 0 N–H and O–H groups in total. The number of rotatable bonds is 3. The first-order valence-electron chi connectivity index (χ1n) is 8.23. The number of para-hydroxylation sites is 1. The van der Waals surface area contributed by atoms with E-state index in [1.165, 1.54) is 11.1 Å². The Morgan fingerprint density at radius 3 is 1.96 bits per heavy atom. The highest BCUT2D eigenvalue weighted by Gasteiger charge is 2.19. The molecule has 2 aromatic carbocycles. The molecule has 0 radical (unpaired) electrons. The van der Waals surface area contributed by atoms with E-state index in [-0.39, 0.29) is 0 Å². The van der Waals surface area contributed by atoms with E-state index in [0.717, 1.165) is 28.5 Å². The summed E-state index contributed by atoms with van der Waals surface area (Å²) in [6.07, 6.45) is 3.59. The molecular formula is C21H18N4. The summed E-state index contributed by atoms with van der Waals surface area (Å²) >= 11 is 0. The molecule has 0 atom stereocenters. The molecule has 0 amide bonds. The monoisotopic (exact) mass is 326 g/mol. The first-order valence-corrected chi connectivity index (χ1v) is 8.23. The van der Waals surface area contributed by atoms with Crippen molar-refractivity contribution in [3.8, 4) is 28.5 Å². The van der Waals surface area contributed by atoms with Crippen molar-refractivity contribution < 1.29 is 0 Å². The molecule has 0 spiro atoms. The number of hydrogen-bond acceptors (Lipinski definition) is 3. The van der Waals surface area contributed by atoms with Crippen molar-refractivity contribution in [2.75, 3.05) is 0 Å². The molecule has 0 bridgehead atoms. The maximum Gasteiger partial charge on any atom is 0.170 e. The van der Waals surface area contributed by atoms with Gasteiger partial charge in [0.2, 0.25) is 0 Å². The second-order valence-corrected chi connectivity index (χ2v) is 6.03. The molecule has 2 aromatic heterocycles. The van der Waals surface area contributed by atoms with Crippen LogP contribution in [0.15, 0.2) is 73.1 Å². The third kappa shape index (κ3) is 2.72. The molecular weight excluding hydrogens is 308 g/mol. The topological polar surface area (TPSA) is 43.6 Å². The molecule has 0 fully saturated rings. The van der Waals surface area contributed by atoms with Crippen LogP contribution in [0.1, 0.15) is 11.1 Å². The predicted octanol–water partition coefficient (Wildman–Crippen LogP) is 4.61. The zero-order valence-corrected chi connectivity index (χ0v) is 14.2. The minimum atomic E-state index is 0.796. The van der Waals surface area contributed by atoms with Crippen LogP contribution in [0.25, 0.3) is 28.5 Å². The van der Waals surface area contributed by atoms with Crippen LogP contribution in [0.2, 0.25) is 0 Å². The first-order chi connectivity index (χ1) is 12.3. The average Bonchev–Trinajstić information content (AvgIpc) is 3.08. The summed E-state index contributed by atoms with van der Waals surface area (Å²) in [6.45, 7) is 4.23. The van der Waals surface area contributed by atoms with Gasteiger partial charge in [-0.3, -0.25) is 9.55 Å². The second kappa shape index (κ2) is 6.32. The molecule has 0 saturated heterocycles. The largest absolute Gasteiger partial charge is 0.274 e. The van der Waals surface area contributed by atoms with Crippen LogP contribution in [-0.4, -0.2) is 19.7 Å². The van der Waals surface area contributed by atoms with Gasteiger partial charge in [0.15, 0.2) is 11.6 Å². The number of benzene rings is 2. The van der Waals surface area contributed by atoms with E-state index < -0.39 is 0 Å². The molecule has 122 valence electrons. The molecule has 4 rings (SSSR count). The molecule has 4 heteroatoms. The minimum absolute atomic E-state index is 0.796. The highest BCUT2D eigenvalue weighted by molar-refractivity contribution is 5.68. The van der Waals surface area contributed by atoms with Gasteiger partial charge in [-0.25, -0.2) is 0 Å². The van der Waals surface area contributed by atoms with Gasteiger partial charge in [-0.05, 0) is 37.1 Å². The van der Waals surface area contributed by atoms with Crippen LogP contribution in [0, 0.1) is 13.8 Å². The van der Waals surface area contributed by atoms with E-state index in [9.17, 15) is 0 Å². The minimum Gasteiger partial charge on any atom is -0.274 e. The SMILES string of the molecule is Cc1cccc(C)c1-n1c(-c2ccccc2)nnc1-c1cccnc1. The number of aromatic nitrogens is 4. The van der Waals surface area contributed by atoms with Crippen LogP contribution in [0.3, 0.4) is 0 Å². The van der Waals surface area contributed by atoms with Crippen LogP contribution >= 0.6 is 0 Å². The maximum absolute atomic E-state index is 4.51. The fourth-order valence-corrected chi connectivity index (χ4v) is 3.11. The molecule has 0 aliphatic heterocycles. The normalized spacial score (nSPS) is 10.8. The van der Waals surface area contributed by atoms with Gasteiger partial charge in [0.1, 0.15) is 0 Å². The van der Waals surface area contributed by atoms with Gasteiger partial charge in [-0.2, -0.15) is 0 Å². The summed E-state index contributed by atoms with van der Waals surface area (Å²) in [5, 5.41) is 9.00. The van der Waals surface area contributed by atoms with Gasteiger partial charge in [0.05, 0.1) is 5.69 Å². The lowest BCUT2D eigenvalue weighted by molar-refractivity contribution is 1.03. The Hall–Kier alpha value is -3.27. The Morgan fingerprint density at radius 1 is 0.680 bits per heavy atom. The summed E-state index contributed by atoms with van der Waals surface area (Å²) in [7, 11) is 0. The summed E-state index contributed by atoms with van der Waals surface area (Å²) in [4.78, 5) is 4.24. The van der Waals surface area contributed by atoms with E-state index in [1.807, 2.05) is 36.5 Å². The number of hydrogen-bond donors (Lipinski definition) is 0. The smallest absolute Gasteiger partial charge is 0.170 e. The van der Waals surface area contributed by atoms with Gasteiger partial charge < -0.3 is 0 Å². The quantitative estimate of drug-likeness (QED) is 0.552. The van der Waals surface area contributed by atoms with E-state index in [1.54, 1.807) is 6.20 Å². The molecule has 4 nitrogen and oxygen atoms in total. The van der Waals surface area contributed by atoms with Crippen molar-refractivity contribution in [2.45, 2.75) is 13.8 Å². The summed E-state index contributed by atoms with van der Waals surface area (Å²) in [5.74, 6) is 1.63. The molecule has 4 aromatic rings. The number of nitrogens with zero attached hydrogens (tertiary/aromatic N) is 4. The number of aryl methyl sites for hydroxylation is 2. The van der Waals surface area contributed by atoms with E-state index >= 15 is 0 Å². The van der Waals surface area contributed by atoms with Crippen LogP contribution < -0.4 is 0 Å². The fraction of sp³-hybridized carbons (Fsp3) is 0.0952. The Morgan fingerprint density at radius 2 is 1.32 bits per heavy atom. The van der Waals surface area contributed by atoms with Crippen molar-refractivity contribution in [1.29, 1.82) is 0 Å². The zero-order chi connectivity index (χ0) is 17.2. The van der Waals surface area contributed by atoms with Crippen molar-refractivity contribution in [3.05, 3.63) is 84.2 Å². The van der Waals surface area contributed by atoms with Gasteiger partial charge in [0.25, 0.3) is 0 Å². The summed E-state index contributed by atoms with van der Waals surface area (Å²) < 4.78 is 2.14. The molecule has 25 heavy (non-hydrogen) atoms. The lowest BCUT2D eigenvalue weighted by Gasteiger charge is -2.16. The first kappa shape index (κ1) is 15.3. The van der Waals surface area contributed by atoms with E-state index in [4.69, 9.17) is 0 Å². The molecule has 0 saturated carbocycles. The van der Waals surface area contributed by atoms with Crippen molar-refractivity contribution in [1.82, 2.24) is 19.7 Å². The zero-order valence-electron chi connectivity index (χ0n) is 14.2. The third-order valence-corrected chi connectivity index (χ3v) is 4.28. The molecule has 0 aliphatic rings. The van der Waals surface area contributed by atoms with Crippen LogP contribution in [0.5, 0.6) is 0 Å². The van der Waals surface area contributed by atoms with Crippen molar-refractivity contribution >= 4 is 0 Å². The summed E-state index contributed by atoms with van der Waals surface area (Å²) in [6, 6.07) is 20.4. The Labute approximate surface area is 146 Å². The van der Waals surface area contributed by atoms with E-state index in [2.05, 4.69) is 63.9 Å². The second-order valence-electron chi connectivity index (χ2n) is 6.03. The Bertz CT molecular complexity index is 928. The average molecular weight is 326 g/mol. The third-order valence-electron chi connectivity index (χ3n) is 4.28. The van der Waals surface area contributed by atoms with Crippen molar-refractivity contribution in [2.24, 2.45) is 0 Å². The Balaban J connectivity index is 2.04. The maximum atomic E-state index is 4.51. The van der Waals surface area contributed by atoms with Gasteiger partial charge >= 0.3 is 0 Å². The van der Waals surface area contributed by atoms with Crippen LogP contribution in [0.4, 0.5) is 0 Å². The molecule has 0 unspecified atom stereocenters. The fourth-order valence-electron chi connectivity index (χ4n) is 3.11. The lowest BCUT2D eigenvalue weighted by atomic mass is 10.1. The highest BCUT2D eigenvalue weighted by Crippen LogP contribution is 2.31. The van der Waals surface area contributed by atoms with Gasteiger partial charge in [0, 0.05) is 23.5 Å². The predicted molar refractivity (Wildman–Crippen MR) is 99.5 cm³/mol. The molecule has 2 heterocycles. The summed E-state index contributed by atoms with van der Waals surface area (Å²) in [5.41, 5.74) is 5.46. The molecule has 0 aliphatic carbocycles. The van der Waals surface area contributed by atoms with E-state index in [0.29, 0.717) is 0 Å². The van der Waals surface area contributed by atoms with Gasteiger partial charge in [-0.15, -0.1) is 10.2 Å². The Kier molecular flexibility index (Phi) is 3.86. The van der Waals surface area contributed by atoms with Crippen molar-refractivity contribution in [3.63, 3.8) is 0 Å². The standard InChI is InChI=1S/C21H18N4/c1-15-8-6-9-16(2)19(15)25-20(17-10-4-3-5-11-17)23-24-21(25)18-12-7-13-22-14-18/h3-14H,1-2H3. The van der Waals surface area contributed by atoms with Gasteiger partial charge in [-0.1, -0.05) is 48.5 Å². The lowest BCUT2D eigenvalue weighted by Crippen LogP contribution is -2.04. The number of pyridine rings is 1. The highest BCUT2D eigenvalue weighted by atomic mass is 15.3. The van der Waals surface area contributed by atoms with Crippen LogP contribution in [-0.2, 0) is 0 Å².